The maximum absolute atomic E-state index is 13.3. The van der Waals surface area contributed by atoms with Gasteiger partial charge in [-0.25, -0.2) is 0 Å². The highest BCUT2D eigenvalue weighted by Gasteiger charge is 2.39. The van der Waals surface area contributed by atoms with Crippen molar-refractivity contribution in [2.24, 2.45) is 0 Å². The van der Waals surface area contributed by atoms with E-state index in [1.165, 1.54) is 17.5 Å². The fraction of sp³-hybridized carbons (Fsp3) is 0.778. The number of carbonyl (C=O) groups is 1. The number of nitrogens with zero attached hydrogens (tertiary/aromatic N) is 3. The average Bonchev–Trinajstić information content (AvgIpc) is 3.08. The number of rotatable bonds is 5. The molecule has 1 fully saturated rings. The summed E-state index contributed by atoms with van der Waals surface area (Å²) in [6, 6.07) is -0.0307. The number of hydrogen-bond donors (Lipinski definition) is 1. The molecule has 1 atom stereocenters. The first kappa shape index (κ1) is 19.2. The van der Waals surface area contributed by atoms with Gasteiger partial charge in [0, 0.05) is 23.8 Å². The van der Waals surface area contributed by atoms with Crippen molar-refractivity contribution in [3.05, 3.63) is 17.0 Å². The van der Waals surface area contributed by atoms with Gasteiger partial charge in [-0.2, -0.15) is 18.3 Å². The molecule has 1 aliphatic carbocycles. The van der Waals surface area contributed by atoms with Gasteiger partial charge in [0.05, 0.1) is 0 Å². The largest absolute Gasteiger partial charge is 0.435 e. The third-order valence-electron chi connectivity index (χ3n) is 5.21. The van der Waals surface area contributed by atoms with Crippen LogP contribution in [0.15, 0.2) is 0 Å². The van der Waals surface area contributed by atoms with E-state index in [1.54, 1.807) is 0 Å². The van der Waals surface area contributed by atoms with Gasteiger partial charge in [0.25, 0.3) is 0 Å². The Labute approximate surface area is 151 Å². The van der Waals surface area contributed by atoms with Gasteiger partial charge < -0.3 is 10.2 Å². The summed E-state index contributed by atoms with van der Waals surface area (Å²) in [5.74, 6) is -0.278. The molecule has 2 aliphatic rings. The van der Waals surface area contributed by atoms with E-state index in [-0.39, 0.29) is 24.1 Å². The Morgan fingerprint density at radius 3 is 2.54 bits per heavy atom. The predicted octanol–water partition coefficient (Wildman–Crippen LogP) is 2.77. The zero-order valence-corrected chi connectivity index (χ0v) is 15.2. The van der Waals surface area contributed by atoms with Gasteiger partial charge in [0.15, 0.2) is 5.69 Å². The summed E-state index contributed by atoms with van der Waals surface area (Å²) in [4.78, 5) is 14.7. The van der Waals surface area contributed by atoms with Crippen LogP contribution in [-0.2, 0) is 30.4 Å². The summed E-state index contributed by atoms with van der Waals surface area (Å²) in [6.07, 6.45) is 1.31. The summed E-state index contributed by atoms with van der Waals surface area (Å²) in [7, 11) is 0. The van der Waals surface area contributed by atoms with Crippen LogP contribution in [0.4, 0.5) is 13.2 Å². The lowest BCUT2D eigenvalue weighted by Crippen LogP contribution is -2.42. The Bertz CT molecular complexity index is 635. The van der Waals surface area contributed by atoms with Crippen molar-refractivity contribution in [3.8, 4) is 0 Å². The van der Waals surface area contributed by atoms with Gasteiger partial charge >= 0.3 is 6.18 Å². The number of amides is 1. The molecule has 0 aromatic carbocycles. The van der Waals surface area contributed by atoms with Gasteiger partial charge in [-0.15, -0.1) is 0 Å². The van der Waals surface area contributed by atoms with Crippen LogP contribution in [0.25, 0.3) is 0 Å². The quantitative estimate of drug-likeness (QED) is 0.809. The normalized spacial score (nSPS) is 19.8. The molecule has 0 bridgehead atoms. The number of aromatic nitrogens is 2. The Balaban J connectivity index is 1.68. The lowest BCUT2D eigenvalue weighted by molar-refractivity contribution is -0.142. The first-order chi connectivity index (χ1) is 12.3. The molecule has 8 heteroatoms. The maximum atomic E-state index is 13.3. The van der Waals surface area contributed by atoms with Crippen molar-refractivity contribution >= 4 is 5.91 Å². The van der Waals surface area contributed by atoms with Crippen LogP contribution >= 0.6 is 0 Å². The van der Waals surface area contributed by atoms with E-state index >= 15 is 0 Å². The number of carbonyl (C=O) groups excluding carboxylic acids is 1. The molecular weight excluding hydrogens is 345 g/mol. The first-order valence-corrected chi connectivity index (χ1v) is 9.52. The molecule has 3 rings (SSSR count). The number of nitrogens with one attached hydrogen (secondary N) is 1. The zero-order chi connectivity index (χ0) is 18.7. The SMILES string of the molecule is CC(CN1CCCC1)NC(=O)Cn1nc(C(F)(F)F)c2c1CCCCC2. The van der Waals surface area contributed by atoms with Crippen LogP contribution < -0.4 is 5.32 Å². The number of halogens is 3. The van der Waals surface area contributed by atoms with Crippen LogP contribution in [-0.4, -0.2) is 46.3 Å². The van der Waals surface area contributed by atoms with Crippen molar-refractivity contribution in [1.82, 2.24) is 20.0 Å². The standard InChI is InChI=1S/C18H27F3N4O/c1-13(11-24-9-5-6-10-24)22-16(26)12-25-15-8-4-2-3-7-14(15)17(23-25)18(19,20)21/h13H,2-12H2,1H3,(H,22,26). The first-order valence-electron chi connectivity index (χ1n) is 9.52. The second-order valence-corrected chi connectivity index (χ2v) is 7.47. The van der Waals surface area contributed by atoms with Gasteiger partial charge in [0.1, 0.15) is 6.54 Å². The molecule has 5 nitrogen and oxygen atoms in total. The highest BCUT2D eigenvalue weighted by atomic mass is 19.4. The minimum atomic E-state index is -4.47. The summed E-state index contributed by atoms with van der Waals surface area (Å²) < 4.78 is 41.2. The molecular formula is C18H27F3N4O. The monoisotopic (exact) mass is 372 g/mol. The summed E-state index contributed by atoms with van der Waals surface area (Å²) in [5, 5.41) is 6.68. The zero-order valence-electron chi connectivity index (χ0n) is 15.2. The van der Waals surface area contributed by atoms with E-state index in [1.807, 2.05) is 6.92 Å². The van der Waals surface area contributed by atoms with Crippen LogP contribution in [0.1, 0.15) is 56.0 Å². The molecule has 0 spiro atoms. The Hall–Kier alpha value is -1.57. The van der Waals surface area contributed by atoms with E-state index in [9.17, 15) is 18.0 Å². The molecule has 1 aromatic heterocycles. The number of fused-ring (bicyclic) bond motifs is 1. The molecule has 1 N–H and O–H groups in total. The molecule has 1 saturated heterocycles. The van der Waals surface area contributed by atoms with Gasteiger partial charge in [0.2, 0.25) is 5.91 Å². The van der Waals surface area contributed by atoms with Crippen molar-refractivity contribution in [3.63, 3.8) is 0 Å². The Morgan fingerprint density at radius 1 is 1.15 bits per heavy atom. The van der Waals surface area contributed by atoms with Crippen LogP contribution in [0.5, 0.6) is 0 Å². The number of alkyl halides is 3. The maximum Gasteiger partial charge on any atom is 0.435 e. The van der Waals surface area contributed by atoms with Crippen molar-refractivity contribution in [2.45, 2.75) is 70.6 Å². The molecule has 1 aromatic rings. The fourth-order valence-electron chi connectivity index (χ4n) is 4.06. The number of hydrogen-bond acceptors (Lipinski definition) is 3. The van der Waals surface area contributed by atoms with E-state index in [2.05, 4.69) is 15.3 Å². The van der Waals surface area contributed by atoms with Crippen LogP contribution in [0.2, 0.25) is 0 Å². The van der Waals surface area contributed by atoms with Crippen LogP contribution in [0, 0.1) is 0 Å². The van der Waals surface area contributed by atoms with Gasteiger partial charge in [-0.05, 0) is 58.5 Å². The molecule has 146 valence electrons. The van der Waals surface area contributed by atoms with E-state index in [4.69, 9.17) is 0 Å². The highest BCUT2D eigenvalue weighted by molar-refractivity contribution is 5.76. The molecule has 2 heterocycles. The van der Waals surface area contributed by atoms with E-state index in [0.29, 0.717) is 18.5 Å². The summed E-state index contributed by atoms with van der Waals surface area (Å²) in [6.45, 7) is 4.64. The van der Waals surface area contributed by atoms with Crippen molar-refractivity contribution < 1.29 is 18.0 Å². The van der Waals surface area contributed by atoms with Crippen molar-refractivity contribution in [1.29, 1.82) is 0 Å². The molecule has 26 heavy (non-hydrogen) atoms. The smallest absolute Gasteiger partial charge is 0.351 e. The second kappa shape index (κ2) is 7.98. The molecule has 1 unspecified atom stereocenters. The number of likely N-dealkylation sites (tertiary alicyclic amines) is 1. The Kier molecular flexibility index (Phi) is 5.89. The van der Waals surface area contributed by atoms with Gasteiger partial charge in [-0.1, -0.05) is 6.42 Å². The van der Waals surface area contributed by atoms with E-state index in [0.717, 1.165) is 38.9 Å². The lowest BCUT2D eigenvalue weighted by Gasteiger charge is -2.21. The molecule has 0 radical (unpaired) electrons. The topological polar surface area (TPSA) is 50.2 Å². The minimum Gasteiger partial charge on any atom is -0.351 e. The predicted molar refractivity (Wildman–Crippen MR) is 91.8 cm³/mol. The summed E-state index contributed by atoms with van der Waals surface area (Å²) in [5.41, 5.74) is 0.0531. The molecule has 1 aliphatic heterocycles. The van der Waals surface area contributed by atoms with Crippen molar-refractivity contribution in [2.75, 3.05) is 19.6 Å². The highest BCUT2D eigenvalue weighted by Crippen LogP contribution is 2.35. The molecule has 0 saturated carbocycles. The minimum absolute atomic E-state index is 0.0307. The second-order valence-electron chi connectivity index (χ2n) is 7.47. The molecule has 1 amide bonds. The average molecular weight is 372 g/mol. The third kappa shape index (κ3) is 4.58. The lowest BCUT2D eigenvalue weighted by atomic mass is 10.1. The summed E-state index contributed by atoms with van der Waals surface area (Å²) >= 11 is 0. The third-order valence-corrected chi connectivity index (χ3v) is 5.21. The van der Waals surface area contributed by atoms with Crippen LogP contribution in [0.3, 0.4) is 0 Å². The Morgan fingerprint density at radius 2 is 1.85 bits per heavy atom. The van der Waals surface area contributed by atoms with Gasteiger partial charge in [-0.3, -0.25) is 9.48 Å². The fourth-order valence-corrected chi connectivity index (χ4v) is 4.06. The van der Waals surface area contributed by atoms with E-state index < -0.39 is 11.9 Å².